The predicted octanol–water partition coefficient (Wildman–Crippen LogP) is 6.06. The van der Waals surface area contributed by atoms with E-state index in [0.717, 1.165) is 76.2 Å². The number of aldehydes is 1. The molecule has 0 aromatic rings. The third-order valence-corrected chi connectivity index (χ3v) is 14.7. The van der Waals surface area contributed by atoms with E-state index in [1.165, 1.54) is 45.2 Å². The second-order valence-corrected chi connectivity index (χ2v) is 16.6. The number of carboxylic acids is 1. The lowest BCUT2D eigenvalue weighted by Gasteiger charge is -2.60. The van der Waals surface area contributed by atoms with Gasteiger partial charge in [-0.2, -0.15) is 0 Å². The zero-order valence-corrected chi connectivity index (χ0v) is 28.6. The first-order valence-electron chi connectivity index (χ1n) is 18.8. The van der Waals surface area contributed by atoms with Crippen LogP contribution in [0.2, 0.25) is 0 Å². The normalized spacial score (nSPS) is 45.3. The highest BCUT2D eigenvalue weighted by Gasteiger charge is 2.86. The molecule has 4 aliphatic carbocycles. The highest BCUT2D eigenvalue weighted by Crippen LogP contribution is 2.84. The molecule has 7 unspecified atom stereocenters. The van der Waals surface area contributed by atoms with E-state index in [4.69, 9.17) is 9.47 Å². The maximum Gasteiger partial charge on any atom is 0.315 e. The second-order valence-electron chi connectivity index (χ2n) is 16.6. The molecule has 3 saturated heterocycles. The van der Waals surface area contributed by atoms with Crippen LogP contribution in [-0.4, -0.2) is 91.3 Å². The van der Waals surface area contributed by atoms with Crippen LogP contribution >= 0.6 is 0 Å². The van der Waals surface area contributed by atoms with Gasteiger partial charge in [0.1, 0.15) is 11.7 Å². The van der Waals surface area contributed by atoms with Crippen LogP contribution in [0.15, 0.2) is 11.6 Å². The molecule has 0 radical (unpaired) electrons. The van der Waals surface area contributed by atoms with Gasteiger partial charge in [-0.3, -0.25) is 4.79 Å². The van der Waals surface area contributed by atoms with Gasteiger partial charge in [-0.25, -0.2) is 0 Å². The zero-order chi connectivity index (χ0) is 31.6. The second kappa shape index (κ2) is 12.3. The van der Waals surface area contributed by atoms with Gasteiger partial charge >= 0.3 is 5.97 Å². The Morgan fingerprint density at radius 1 is 1.11 bits per heavy atom. The van der Waals surface area contributed by atoms with Crippen LogP contribution in [0.1, 0.15) is 98.3 Å². The molecule has 3 aliphatic heterocycles. The quantitative estimate of drug-likeness (QED) is 0.170. The lowest BCUT2D eigenvalue weighted by atomic mass is 9.41. The monoisotopic (exact) mass is 624 g/mol. The van der Waals surface area contributed by atoms with Gasteiger partial charge in [0, 0.05) is 31.2 Å². The maximum absolute atomic E-state index is 14.1. The molecule has 7 rings (SSSR count). The molecule has 3 saturated carbocycles. The van der Waals surface area contributed by atoms with Crippen molar-refractivity contribution < 1.29 is 24.2 Å². The van der Waals surface area contributed by atoms with Gasteiger partial charge in [0.05, 0.1) is 17.6 Å². The van der Waals surface area contributed by atoms with Crippen LogP contribution in [0.25, 0.3) is 0 Å². The van der Waals surface area contributed by atoms with Crippen LogP contribution in [0.3, 0.4) is 0 Å². The molecule has 0 aromatic carbocycles. The summed E-state index contributed by atoms with van der Waals surface area (Å²) in [7, 11) is 0. The number of piperidine rings is 2. The minimum absolute atomic E-state index is 0.0778. The summed E-state index contributed by atoms with van der Waals surface area (Å²) >= 11 is 0. The smallest absolute Gasteiger partial charge is 0.315 e. The van der Waals surface area contributed by atoms with Gasteiger partial charge in [-0.05, 0) is 126 Å². The first-order chi connectivity index (χ1) is 21.7. The van der Waals surface area contributed by atoms with Crippen LogP contribution in [0, 0.1) is 51.8 Å². The minimum atomic E-state index is -1.16. The van der Waals surface area contributed by atoms with E-state index in [0.29, 0.717) is 30.8 Å². The van der Waals surface area contributed by atoms with Gasteiger partial charge in [-0.15, -0.1) is 0 Å². The predicted molar refractivity (Wildman–Crippen MR) is 175 cm³/mol. The van der Waals surface area contributed by atoms with Crippen molar-refractivity contribution in [3.8, 4) is 0 Å². The molecule has 45 heavy (non-hydrogen) atoms. The van der Waals surface area contributed by atoms with Crippen molar-refractivity contribution in [3.63, 3.8) is 0 Å². The largest absolute Gasteiger partial charge is 0.481 e. The summed E-state index contributed by atoms with van der Waals surface area (Å²) in [6.45, 7) is 15.8. The Balaban J connectivity index is 1.19. The van der Waals surface area contributed by atoms with E-state index < -0.39 is 22.2 Å². The number of hydrogen-bond donors (Lipinski definition) is 1. The summed E-state index contributed by atoms with van der Waals surface area (Å²) in [4.78, 5) is 33.0. The standard InChI is InChI=1S/C38H60N2O5/c1-5-44-18-13-27-19-34(45-33(27)23-39-16-11-29(12-17-39)40-14-7-6-8-15-40)37-22-30-26(4)9-10-31(30)36(24-41)21-28(37)20-32(25(2)3)38(36,37)35(42)43/h20,24-31,33-34H,5-19,21-23H2,1-4H3,(H,42,43)/t26-,27?,28?,30-,31-,33?,34?,36?,37?,38?/m1/s1. The lowest BCUT2D eigenvalue weighted by Crippen LogP contribution is -2.65. The van der Waals surface area contributed by atoms with E-state index in [1.807, 2.05) is 0 Å². The Hall–Kier alpha value is -1.28. The average molecular weight is 625 g/mol. The number of carboxylic acid groups (broad SMARTS) is 1. The highest BCUT2D eigenvalue weighted by atomic mass is 16.5. The molecule has 0 aromatic heterocycles. The highest BCUT2D eigenvalue weighted by molar-refractivity contribution is 5.90. The van der Waals surface area contributed by atoms with Crippen LogP contribution < -0.4 is 0 Å². The molecule has 7 nitrogen and oxygen atoms in total. The van der Waals surface area contributed by atoms with Crippen molar-refractivity contribution in [3.05, 3.63) is 11.6 Å². The number of nitrogens with zero attached hydrogens (tertiary/aromatic N) is 2. The fourth-order valence-electron chi connectivity index (χ4n) is 12.9. The average Bonchev–Trinajstić information content (AvgIpc) is 3.75. The van der Waals surface area contributed by atoms with Crippen molar-refractivity contribution in [2.24, 2.45) is 51.8 Å². The van der Waals surface area contributed by atoms with Gasteiger partial charge in [0.2, 0.25) is 0 Å². The van der Waals surface area contributed by atoms with Crippen molar-refractivity contribution >= 4 is 12.3 Å². The maximum atomic E-state index is 14.1. The summed E-state index contributed by atoms with van der Waals surface area (Å²) in [6, 6.07) is 0.719. The first-order valence-corrected chi connectivity index (χ1v) is 18.8. The van der Waals surface area contributed by atoms with Crippen LogP contribution in [0.5, 0.6) is 0 Å². The SMILES string of the molecule is CCOCCC1CC(C23C[C@@H]4[C@H](C)CC[C@H]4C4(C=O)CC2C=C(C(C)C)C34C(=O)O)OC1CN1CCC(N2CCCCC2)CC1. The summed E-state index contributed by atoms with van der Waals surface area (Å²) in [6.07, 6.45) is 15.4. The number of carbonyl (C=O) groups is 2. The molecule has 7 heteroatoms. The number of fused-ring (bicyclic) bond motifs is 2. The number of hydrogen-bond acceptors (Lipinski definition) is 6. The van der Waals surface area contributed by atoms with Crippen molar-refractivity contribution in [2.45, 2.75) is 117 Å². The van der Waals surface area contributed by atoms with E-state index in [-0.39, 0.29) is 30.0 Å². The molecule has 0 spiro atoms. The molecule has 10 atom stereocenters. The minimum Gasteiger partial charge on any atom is -0.481 e. The summed E-state index contributed by atoms with van der Waals surface area (Å²) in [5.41, 5.74) is -1.53. The Labute approximate surface area is 271 Å². The number of likely N-dealkylation sites (tertiary alicyclic amines) is 2. The number of aliphatic carboxylic acids is 1. The Bertz CT molecular complexity index is 1140. The van der Waals surface area contributed by atoms with Crippen molar-refractivity contribution in [1.29, 1.82) is 0 Å². The molecule has 0 amide bonds. The Morgan fingerprint density at radius 3 is 2.53 bits per heavy atom. The molecule has 252 valence electrons. The third kappa shape index (κ3) is 4.63. The third-order valence-electron chi connectivity index (χ3n) is 14.7. The van der Waals surface area contributed by atoms with Crippen LogP contribution in [0.4, 0.5) is 0 Å². The molecule has 3 heterocycles. The van der Waals surface area contributed by atoms with Gasteiger partial charge in [0.15, 0.2) is 0 Å². The van der Waals surface area contributed by atoms with Gasteiger partial charge in [0.25, 0.3) is 0 Å². The van der Waals surface area contributed by atoms with Gasteiger partial charge in [-0.1, -0.05) is 45.3 Å². The topological polar surface area (TPSA) is 79.3 Å². The Kier molecular flexibility index (Phi) is 8.83. The fraction of sp³-hybridized carbons (Fsp3) is 0.895. The molecular formula is C38H60N2O5. The van der Waals surface area contributed by atoms with Crippen LogP contribution in [-0.2, 0) is 19.1 Å². The molecule has 6 fully saturated rings. The number of ether oxygens (including phenoxy) is 2. The molecule has 4 bridgehead atoms. The number of carbonyl (C=O) groups excluding carboxylic acids is 1. The zero-order valence-electron chi connectivity index (χ0n) is 28.6. The number of allylic oxidation sites excluding steroid dienone is 1. The molecule has 7 aliphatic rings. The summed E-state index contributed by atoms with van der Waals surface area (Å²) in [5, 5.41) is 11.5. The van der Waals surface area contributed by atoms with Crippen molar-refractivity contribution in [2.75, 3.05) is 45.9 Å². The van der Waals surface area contributed by atoms with Gasteiger partial charge < -0.3 is 29.2 Å². The van der Waals surface area contributed by atoms with Crippen molar-refractivity contribution in [1.82, 2.24) is 9.80 Å². The van der Waals surface area contributed by atoms with E-state index in [1.54, 1.807) is 0 Å². The van der Waals surface area contributed by atoms with E-state index in [2.05, 4.69) is 43.6 Å². The van der Waals surface area contributed by atoms with E-state index >= 15 is 0 Å². The molecular weight excluding hydrogens is 564 g/mol. The Morgan fingerprint density at radius 2 is 1.87 bits per heavy atom. The molecule has 1 N–H and O–H groups in total. The lowest BCUT2D eigenvalue weighted by molar-refractivity contribution is -0.197. The number of rotatable bonds is 11. The first kappa shape index (κ1) is 32.3. The fourth-order valence-corrected chi connectivity index (χ4v) is 12.9. The summed E-state index contributed by atoms with van der Waals surface area (Å²) in [5.74, 6) is 0.837. The summed E-state index contributed by atoms with van der Waals surface area (Å²) < 4.78 is 13.2. The van der Waals surface area contributed by atoms with E-state index in [9.17, 15) is 14.7 Å².